The quantitative estimate of drug-likeness (QED) is 0.868. The van der Waals surface area contributed by atoms with Gasteiger partial charge in [0, 0.05) is 0 Å². The molecule has 0 saturated heterocycles. The van der Waals surface area contributed by atoms with Crippen molar-refractivity contribution in [2.24, 2.45) is 0 Å². The smallest absolute Gasteiger partial charge is 0.247 e. The van der Waals surface area contributed by atoms with Gasteiger partial charge in [-0.1, -0.05) is 54.6 Å². The Labute approximate surface area is 125 Å². The van der Waals surface area contributed by atoms with Gasteiger partial charge in [-0.15, -0.1) is 0 Å². The minimum Gasteiger partial charge on any atom is -0.272 e. The number of rotatable bonds is 4. The van der Waals surface area contributed by atoms with E-state index in [0.717, 1.165) is 11.1 Å². The zero-order chi connectivity index (χ0) is 15.3. The third kappa shape index (κ3) is 5.04. The fraction of sp³-hybridized carbons (Fsp3) is 0.278. The molecule has 0 heterocycles. The molecule has 1 amide bonds. The van der Waals surface area contributed by atoms with Gasteiger partial charge in [0.15, 0.2) is 0 Å². The van der Waals surface area contributed by atoms with E-state index in [1.54, 1.807) is 0 Å². The second kappa shape index (κ2) is 6.55. The Bertz CT molecular complexity index is 583. The summed E-state index contributed by atoms with van der Waals surface area (Å²) in [5.74, 6) is -0.141. The van der Waals surface area contributed by atoms with Crippen molar-refractivity contribution in [3.63, 3.8) is 0 Å². The molecule has 0 aromatic heterocycles. The topological polar surface area (TPSA) is 38.3 Å². The Morgan fingerprint density at radius 1 is 0.952 bits per heavy atom. The van der Waals surface area contributed by atoms with E-state index in [0.29, 0.717) is 6.42 Å². The maximum atomic E-state index is 11.8. The Hall–Kier alpha value is -2.13. The van der Waals surface area contributed by atoms with Gasteiger partial charge in [-0.2, -0.15) is 0 Å². The van der Waals surface area contributed by atoms with Crippen LogP contribution in [-0.4, -0.2) is 11.5 Å². The van der Waals surface area contributed by atoms with Crippen LogP contribution in [0.4, 0.5) is 0 Å². The molecule has 0 aliphatic carbocycles. The SMILES string of the molecule is CC(C)(C)ONC(=O)Cc1ccc(-c2ccccc2)cc1. The van der Waals surface area contributed by atoms with E-state index in [9.17, 15) is 4.79 Å². The van der Waals surface area contributed by atoms with Crippen molar-refractivity contribution in [2.45, 2.75) is 32.8 Å². The minimum atomic E-state index is -0.382. The first-order valence-electron chi connectivity index (χ1n) is 7.05. The molecule has 0 fully saturated rings. The standard InChI is InChI=1S/C18H21NO2/c1-18(2,3)21-19-17(20)13-14-9-11-16(12-10-14)15-7-5-4-6-8-15/h4-12H,13H2,1-3H3,(H,19,20). The van der Waals surface area contributed by atoms with Gasteiger partial charge >= 0.3 is 0 Å². The summed E-state index contributed by atoms with van der Waals surface area (Å²) >= 11 is 0. The Balaban J connectivity index is 1.95. The molecule has 0 saturated carbocycles. The molecule has 0 radical (unpaired) electrons. The molecule has 1 N–H and O–H groups in total. The summed E-state index contributed by atoms with van der Waals surface area (Å²) in [6.07, 6.45) is 0.311. The van der Waals surface area contributed by atoms with Crippen molar-refractivity contribution >= 4 is 5.91 Å². The van der Waals surface area contributed by atoms with Gasteiger partial charge in [0.1, 0.15) is 0 Å². The van der Waals surface area contributed by atoms with Crippen LogP contribution in [0, 0.1) is 0 Å². The molecule has 21 heavy (non-hydrogen) atoms. The molecule has 0 bridgehead atoms. The lowest BCUT2D eigenvalue weighted by atomic mass is 10.0. The number of hydroxylamine groups is 1. The van der Waals surface area contributed by atoms with E-state index in [4.69, 9.17) is 4.84 Å². The molecule has 2 rings (SSSR count). The van der Waals surface area contributed by atoms with E-state index in [1.165, 1.54) is 5.56 Å². The lowest BCUT2D eigenvalue weighted by Crippen LogP contribution is -2.34. The molecule has 0 aliphatic heterocycles. The molecular formula is C18H21NO2. The molecule has 110 valence electrons. The van der Waals surface area contributed by atoms with Gasteiger partial charge in [0.2, 0.25) is 5.91 Å². The average Bonchev–Trinajstić information content (AvgIpc) is 2.46. The van der Waals surface area contributed by atoms with Gasteiger partial charge < -0.3 is 0 Å². The van der Waals surface area contributed by atoms with E-state index < -0.39 is 0 Å². The summed E-state index contributed by atoms with van der Waals surface area (Å²) in [7, 11) is 0. The molecule has 0 atom stereocenters. The highest BCUT2D eigenvalue weighted by Crippen LogP contribution is 2.19. The Morgan fingerprint density at radius 2 is 1.52 bits per heavy atom. The monoisotopic (exact) mass is 283 g/mol. The van der Waals surface area contributed by atoms with Crippen molar-refractivity contribution < 1.29 is 9.63 Å². The van der Waals surface area contributed by atoms with Gasteiger partial charge in [-0.05, 0) is 37.5 Å². The van der Waals surface area contributed by atoms with Crippen LogP contribution < -0.4 is 5.48 Å². The highest BCUT2D eigenvalue weighted by molar-refractivity contribution is 5.77. The van der Waals surface area contributed by atoms with Gasteiger partial charge in [0.25, 0.3) is 0 Å². The van der Waals surface area contributed by atoms with Crippen molar-refractivity contribution in [3.05, 3.63) is 60.2 Å². The molecule has 3 heteroatoms. The van der Waals surface area contributed by atoms with Crippen molar-refractivity contribution in [3.8, 4) is 11.1 Å². The lowest BCUT2D eigenvalue weighted by molar-refractivity contribution is -0.144. The predicted octanol–water partition coefficient (Wildman–Crippen LogP) is 3.74. The summed E-state index contributed by atoms with van der Waals surface area (Å²) in [5, 5.41) is 0. The molecule has 2 aromatic carbocycles. The summed E-state index contributed by atoms with van der Waals surface area (Å²) in [6.45, 7) is 5.67. The first kappa shape index (κ1) is 15.3. The van der Waals surface area contributed by atoms with E-state index in [2.05, 4.69) is 17.6 Å². The molecule has 0 aliphatic rings. The number of carbonyl (C=O) groups excluding carboxylic acids is 1. The lowest BCUT2D eigenvalue weighted by Gasteiger charge is -2.18. The number of hydrogen-bond donors (Lipinski definition) is 1. The van der Waals surface area contributed by atoms with Crippen LogP contribution in [0.1, 0.15) is 26.3 Å². The predicted molar refractivity (Wildman–Crippen MR) is 84.6 cm³/mol. The van der Waals surface area contributed by atoms with Crippen LogP contribution in [0.2, 0.25) is 0 Å². The van der Waals surface area contributed by atoms with Crippen molar-refractivity contribution in [1.82, 2.24) is 5.48 Å². The number of hydrogen-bond acceptors (Lipinski definition) is 2. The second-order valence-electron chi connectivity index (χ2n) is 5.98. The fourth-order valence-electron chi connectivity index (χ4n) is 1.88. The Morgan fingerprint density at radius 3 is 2.10 bits per heavy atom. The molecule has 3 nitrogen and oxygen atoms in total. The van der Waals surface area contributed by atoms with Crippen molar-refractivity contribution in [1.29, 1.82) is 0 Å². The summed E-state index contributed by atoms with van der Waals surface area (Å²) in [6, 6.07) is 18.2. The normalized spacial score (nSPS) is 11.2. The van der Waals surface area contributed by atoms with Crippen LogP contribution in [-0.2, 0) is 16.1 Å². The van der Waals surface area contributed by atoms with Crippen LogP contribution in [0.25, 0.3) is 11.1 Å². The number of amides is 1. The number of benzene rings is 2. The summed E-state index contributed by atoms with van der Waals surface area (Å²) < 4.78 is 0. The first-order chi connectivity index (χ1) is 9.94. The van der Waals surface area contributed by atoms with Gasteiger partial charge in [0.05, 0.1) is 12.0 Å². The average molecular weight is 283 g/mol. The second-order valence-corrected chi connectivity index (χ2v) is 5.98. The van der Waals surface area contributed by atoms with Crippen LogP contribution in [0.15, 0.2) is 54.6 Å². The van der Waals surface area contributed by atoms with Gasteiger partial charge in [-0.25, -0.2) is 5.48 Å². The molecular weight excluding hydrogens is 262 g/mol. The molecule has 2 aromatic rings. The van der Waals surface area contributed by atoms with Crippen molar-refractivity contribution in [2.75, 3.05) is 0 Å². The molecule has 0 spiro atoms. The van der Waals surface area contributed by atoms with Crippen LogP contribution in [0.5, 0.6) is 0 Å². The zero-order valence-corrected chi connectivity index (χ0v) is 12.7. The third-order valence-corrected chi connectivity index (χ3v) is 2.90. The van der Waals surface area contributed by atoms with E-state index in [1.807, 2.05) is 63.2 Å². The highest BCUT2D eigenvalue weighted by Gasteiger charge is 2.13. The Kier molecular flexibility index (Phi) is 4.76. The van der Waals surface area contributed by atoms with Crippen LogP contribution in [0.3, 0.4) is 0 Å². The summed E-state index contributed by atoms with van der Waals surface area (Å²) in [4.78, 5) is 17.0. The first-order valence-corrected chi connectivity index (χ1v) is 7.05. The third-order valence-electron chi connectivity index (χ3n) is 2.90. The minimum absolute atomic E-state index is 0.141. The molecule has 0 unspecified atom stereocenters. The van der Waals surface area contributed by atoms with Gasteiger partial charge in [-0.3, -0.25) is 9.63 Å². The maximum Gasteiger partial charge on any atom is 0.247 e. The maximum absolute atomic E-state index is 11.8. The number of carbonyl (C=O) groups is 1. The largest absolute Gasteiger partial charge is 0.272 e. The van der Waals surface area contributed by atoms with E-state index in [-0.39, 0.29) is 11.5 Å². The van der Waals surface area contributed by atoms with E-state index >= 15 is 0 Å². The number of nitrogens with one attached hydrogen (secondary N) is 1. The van der Waals surface area contributed by atoms with Crippen LogP contribution >= 0.6 is 0 Å². The summed E-state index contributed by atoms with van der Waals surface area (Å²) in [5.41, 5.74) is 5.37. The fourth-order valence-corrected chi connectivity index (χ4v) is 1.88. The highest BCUT2D eigenvalue weighted by atomic mass is 16.7. The zero-order valence-electron chi connectivity index (χ0n) is 12.7.